The lowest BCUT2D eigenvalue weighted by molar-refractivity contribution is -0.139. The third kappa shape index (κ3) is 8.49. The van der Waals surface area contributed by atoms with E-state index in [9.17, 15) is 41.2 Å². The van der Waals surface area contributed by atoms with E-state index in [1.807, 2.05) is 13.8 Å². The zero-order valence-electron chi connectivity index (χ0n) is 29.1. The van der Waals surface area contributed by atoms with E-state index in [-0.39, 0.29) is 61.6 Å². The quantitative estimate of drug-likeness (QED) is 0.130. The summed E-state index contributed by atoms with van der Waals surface area (Å²) < 4.78 is 86.8. The van der Waals surface area contributed by atoms with E-state index in [4.69, 9.17) is 10.5 Å². The SMILES string of the molecule is CCN(CC)C(=O)CSc1nc2c(c(C(F)(F)F)c1C#N)CCC2.COc1ccc(CNC(=O)c2sc3nc4c(c(C(F)(F)F)c3c2N)CCC4)cc1. The van der Waals surface area contributed by atoms with Gasteiger partial charge < -0.3 is 20.7 Å². The number of hydrogen-bond donors (Lipinski definition) is 2. The van der Waals surface area contributed by atoms with Gasteiger partial charge in [-0.1, -0.05) is 23.9 Å². The number of aryl methyl sites for hydroxylation is 2. The number of anilines is 1. The van der Waals surface area contributed by atoms with Gasteiger partial charge in [-0.25, -0.2) is 9.97 Å². The highest BCUT2D eigenvalue weighted by Crippen LogP contribution is 2.46. The van der Waals surface area contributed by atoms with Gasteiger partial charge in [0.05, 0.1) is 35.2 Å². The Morgan fingerprint density at radius 1 is 0.962 bits per heavy atom. The number of ether oxygens (including phenoxy) is 1. The highest BCUT2D eigenvalue weighted by molar-refractivity contribution is 8.00. The lowest BCUT2D eigenvalue weighted by atomic mass is 10.0. The summed E-state index contributed by atoms with van der Waals surface area (Å²) in [6.45, 7) is 4.95. The van der Waals surface area contributed by atoms with Crippen LogP contribution in [-0.4, -0.2) is 52.6 Å². The second kappa shape index (κ2) is 16.2. The monoisotopic (exact) mass is 778 g/mol. The van der Waals surface area contributed by atoms with Crippen molar-refractivity contribution in [3.63, 3.8) is 0 Å². The Kier molecular flexibility index (Phi) is 12.1. The number of aromatic nitrogens is 2. The van der Waals surface area contributed by atoms with Crippen LogP contribution in [-0.2, 0) is 49.4 Å². The maximum Gasteiger partial charge on any atom is 0.418 e. The molecule has 0 radical (unpaired) electrons. The van der Waals surface area contributed by atoms with Gasteiger partial charge in [0.25, 0.3) is 5.91 Å². The first kappa shape index (κ1) is 39.6. The molecular formula is C36H36F6N6O3S2. The predicted octanol–water partition coefficient (Wildman–Crippen LogP) is 7.75. The molecule has 0 atom stereocenters. The van der Waals surface area contributed by atoms with E-state index in [0.717, 1.165) is 28.7 Å². The number of fused-ring (bicyclic) bond motifs is 3. The average Bonchev–Trinajstić information content (AvgIpc) is 3.86. The van der Waals surface area contributed by atoms with Gasteiger partial charge in [-0.05, 0) is 81.2 Å². The molecule has 2 aliphatic rings. The first-order valence-corrected chi connectivity index (χ1v) is 18.6. The molecule has 282 valence electrons. The molecule has 0 saturated carbocycles. The average molecular weight is 779 g/mol. The number of methoxy groups -OCH3 is 1. The van der Waals surface area contributed by atoms with Crippen molar-refractivity contribution >= 4 is 50.8 Å². The molecule has 0 spiro atoms. The summed E-state index contributed by atoms with van der Waals surface area (Å²) >= 11 is 1.81. The third-order valence-corrected chi connectivity index (χ3v) is 11.1. The number of alkyl halides is 6. The van der Waals surface area contributed by atoms with Crippen molar-refractivity contribution in [2.24, 2.45) is 0 Å². The van der Waals surface area contributed by atoms with Crippen LogP contribution in [0.15, 0.2) is 29.3 Å². The summed E-state index contributed by atoms with van der Waals surface area (Å²) in [6, 6.07) is 8.76. The molecule has 4 aromatic rings. The van der Waals surface area contributed by atoms with Crippen molar-refractivity contribution < 1.29 is 40.7 Å². The molecule has 9 nitrogen and oxygen atoms in total. The molecule has 0 unspecified atom stereocenters. The van der Waals surface area contributed by atoms with E-state index < -0.39 is 35.0 Å². The Morgan fingerprint density at radius 2 is 1.55 bits per heavy atom. The Hall–Kier alpha value is -4.56. The zero-order chi connectivity index (χ0) is 38.7. The standard InChI is InChI=1S/C20H18F3N3O2S.C16H18F3N3OS/c1-28-11-7-5-10(6-8-11)9-25-18(27)17-16(24)14-15(20(21,22)23)12-3-2-4-13(12)26-19(14)29-17;1-3-22(4-2)13(23)9-24-15-11(8-20)14(16(17,18)19)10-6-5-7-12(10)21-15/h5-8H,2-4,9,24H2,1H3,(H,25,27);3-7,9H2,1-2H3. The van der Waals surface area contributed by atoms with E-state index in [1.54, 1.807) is 42.3 Å². The van der Waals surface area contributed by atoms with Crippen molar-refractivity contribution in [2.45, 2.75) is 76.3 Å². The Balaban J connectivity index is 0.000000209. The maximum absolute atomic E-state index is 13.8. The fourth-order valence-corrected chi connectivity index (χ4v) is 8.46. The number of nitrogens with two attached hydrogens (primary N) is 1. The Morgan fingerprint density at radius 3 is 2.09 bits per heavy atom. The van der Waals surface area contributed by atoms with Gasteiger partial charge >= 0.3 is 12.4 Å². The molecule has 3 N–H and O–H groups in total. The number of hydrogen-bond acceptors (Lipinski definition) is 9. The smallest absolute Gasteiger partial charge is 0.418 e. The highest BCUT2D eigenvalue weighted by Gasteiger charge is 2.41. The van der Waals surface area contributed by atoms with Crippen molar-refractivity contribution in [1.82, 2.24) is 20.2 Å². The number of carbonyl (C=O) groups is 2. The lowest BCUT2D eigenvalue weighted by Gasteiger charge is -2.19. The van der Waals surface area contributed by atoms with E-state index in [2.05, 4.69) is 15.3 Å². The second-order valence-electron chi connectivity index (χ2n) is 12.2. The summed E-state index contributed by atoms with van der Waals surface area (Å²) in [5, 5.41) is 11.8. The number of amides is 2. The number of rotatable bonds is 9. The third-order valence-electron chi connectivity index (χ3n) is 9.04. The molecule has 53 heavy (non-hydrogen) atoms. The van der Waals surface area contributed by atoms with Crippen molar-refractivity contribution in [3.05, 3.63) is 73.9 Å². The Labute approximate surface area is 309 Å². The molecule has 2 aliphatic carbocycles. The minimum absolute atomic E-state index is 0.00554. The second-order valence-corrected chi connectivity index (χ2v) is 14.2. The van der Waals surface area contributed by atoms with Crippen LogP contribution in [0.5, 0.6) is 5.75 Å². The normalized spacial score (nSPS) is 13.5. The number of halogens is 6. The Bertz CT molecular complexity index is 2050. The maximum atomic E-state index is 13.8. The molecule has 0 fully saturated rings. The molecule has 3 aromatic heterocycles. The zero-order valence-corrected chi connectivity index (χ0v) is 30.7. The van der Waals surface area contributed by atoms with E-state index >= 15 is 0 Å². The number of pyridine rings is 2. The summed E-state index contributed by atoms with van der Waals surface area (Å²) in [7, 11) is 1.56. The van der Waals surface area contributed by atoms with Gasteiger partial charge in [0, 0.05) is 36.4 Å². The van der Waals surface area contributed by atoms with E-state index in [1.165, 1.54) is 0 Å². The van der Waals surface area contributed by atoms with Crippen molar-refractivity contribution in [2.75, 3.05) is 31.7 Å². The molecule has 6 rings (SSSR count). The molecule has 0 bridgehead atoms. The summed E-state index contributed by atoms with van der Waals surface area (Å²) in [5.41, 5.74) is 5.83. The van der Waals surface area contributed by atoms with Gasteiger partial charge in [-0.15, -0.1) is 11.3 Å². The lowest BCUT2D eigenvalue weighted by Crippen LogP contribution is -2.32. The van der Waals surface area contributed by atoms with Crippen LogP contribution in [0.3, 0.4) is 0 Å². The summed E-state index contributed by atoms with van der Waals surface area (Å²) in [4.78, 5) is 35.1. The topological polar surface area (TPSA) is 134 Å². The molecule has 3 heterocycles. The molecule has 1 aromatic carbocycles. The highest BCUT2D eigenvalue weighted by atomic mass is 32.2. The number of nitriles is 1. The number of nitrogen functional groups attached to an aromatic ring is 1. The molecule has 17 heteroatoms. The number of nitrogens with one attached hydrogen (secondary N) is 1. The van der Waals surface area contributed by atoms with Gasteiger partial charge in [-0.3, -0.25) is 9.59 Å². The van der Waals surface area contributed by atoms with Crippen molar-refractivity contribution in [1.29, 1.82) is 5.26 Å². The van der Waals surface area contributed by atoms with Crippen LogP contribution in [0.4, 0.5) is 32.0 Å². The van der Waals surface area contributed by atoms with Gasteiger partial charge in [0.15, 0.2) is 0 Å². The van der Waals surface area contributed by atoms with Crippen LogP contribution in [0.25, 0.3) is 10.2 Å². The number of benzene rings is 1. The van der Waals surface area contributed by atoms with Gasteiger partial charge in [-0.2, -0.15) is 31.6 Å². The number of carbonyl (C=O) groups excluding carboxylic acids is 2. The number of thiophene rings is 1. The van der Waals surface area contributed by atoms with Crippen LogP contribution in [0.1, 0.15) is 81.1 Å². The summed E-state index contributed by atoms with van der Waals surface area (Å²) in [5.74, 6) is -0.0358. The predicted molar refractivity (Wildman–Crippen MR) is 190 cm³/mol. The van der Waals surface area contributed by atoms with Crippen LogP contribution in [0.2, 0.25) is 0 Å². The molecular weight excluding hydrogens is 743 g/mol. The molecule has 0 saturated heterocycles. The van der Waals surface area contributed by atoms with E-state index in [0.29, 0.717) is 62.3 Å². The van der Waals surface area contributed by atoms with Crippen LogP contribution < -0.4 is 15.8 Å². The van der Waals surface area contributed by atoms with Gasteiger partial charge in [0.2, 0.25) is 5.91 Å². The number of thioether (sulfide) groups is 1. The summed E-state index contributed by atoms with van der Waals surface area (Å²) in [6.07, 6.45) is -6.33. The van der Waals surface area contributed by atoms with Crippen LogP contribution >= 0.6 is 23.1 Å². The van der Waals surface area contributed by atoms with Crippen molar-refractivity contribution in [3.8, 4) is 11.8 Å². The first-order chi connectivity index (χ1) is 25.1. The molecule has 2 amide bonds. The fourth-order valence-electron chi connectivity index (χ4n) is 6.51. The first-order valence-electron chi connectivity index (χ1n) is 16.8. The number of nitrogens with zero attached hydrogens (tertiary/aromatic N) is 4. The van der Waals surface area contributed by atoms with Gasteiger partial charge in [0.1, 0.15) is 26.6 Å². The minimum atomic E-state index is -4.60. The van der Waals surface area contributed by atoms with Crippen LogP contribution in [0, 0.1) is 11.3 Å². The minimum Gasteiger partial charge on any atom is -0.497 e. The molecule has 0 aliphatic heterocycles. The fraction of sp³-hybridized carbons (Fsp3) is 0.417. The largest absolute Gasteiger partial charge is 0.497 e.